The molecule has 3 aromatic rings. The second-order valence-corrected chi connectivity index (χ2v) is 9.65. The molecule has 1 aromatic carbocycles. The number of aryl methyl sites for hydroxylation is 3. The van der Waals surface area contributed by atoms with E-state index in [-0.39, 0.29) is 6.54 Å². The van der Waals surface area contributed by atoms with Crippen molar-refractivity contribution in [3.8, 4) is 10.6 Å². The van der Waals surface area contributed by atoms with Crippen molar-refractivity contribution in [2.24, 2.45) is 0 Å². The molecule has 2 aromatic heterocycles. The van der Waals surface area contributed by atoms with Crippen molar-refractivity contribution in [2.75, 3.05) is 0 Å². The third-order valence-corrected chi connectivity index (χ3v) is 7.09. The summed E-state index contributed by atoms with van der Waals surface area (Å²) in [5, 5.41) is 2.93. The number of rotatable bonds is 5. The molecule has 0 aliphatic heterocycles. The van der Waals surface area contributed by atoms with E-state index in [2.05, 4.69) is 9.71 Å². The van der Waals surface area contributed by atoms with Gasteiger partial charge in [0.2, 0.25) is 10.0 Å². The highest BCUT2D eigenvalue weighted by molar-refractivity contribution is 7.89. The van der Waals surface area contributed by atoms with E-state index in [0.717, 1.165) is 31.6 Å². The first-order valence-corrected chi connectivity index (χ1v) is 10.6. The highest BCUT2D eigenvalue weighted by Crippen LogP contribution is 2.33. The normalized spacial score (nSPS) is 11.8. The zero-order valence-electron chi connectivity index (χ0n) is 13.7. The highest BCUT2D eigenvalue weighted by atomic mass is 32.2. The van der Waals surface area contributed by atoms with Gasteiger partial charge in [0.15, 0.2) is 0 Å². The van der Waals surface area contributed by atoms with Gasteiger partial charge in [0.25, 0.3) is 0 Å². The van der Waals surface area contributed by atoms with Crippen LogP contribution in [0.4, 0.5) is 0 Å². The molecule has 7 heteroatoms. The fourth-order valence-electron chi connectivity index (χ4n) is 2.41. The van der Waals surface area contributed by atoms with E-state index in [4.69, 9.17) is 0 Å². The molecule has 3 rings (SSSR count). The lowest BCUT2D eigenvalue weighted by atomic mass is 10.1. The van der Waals surface area contributed by atoms with Crippen LogP contribution in [0.3, 0.4) is 0 Å². The van der Waals surface area contributed by atoms with Crippen LogP contribution in [0, 0.1) is 20.8 Å². The molecule has 0 saturated carbocycles. The molecule has 24 heavy (non-hydrogen) atoms. The van der Waals surface area contributed by atoms with Crippen molar-refractivity contribution in [2.45, 2.75) is 32.2 Å². The number of nitrogens with zero attached hydrogens (tertiary/aromatic N) is 1. The number of aromatic nitrogens is 1. The van der Waals surface area contributed by atoms with Gasteiger partial charge in [-0.25, -0.2) is 18.1 Å². The van der Waals surface area contributed by atoms with Crippen molar-refractivity contribution in [3.63, 3.8) is 0 Å². The lowest BCUT2D eigenvalue weighted by Crippen LogP contribution is -2.23. The predicted molar refractivity (Wildman–Crippen MR) is 100 cm³/mol. The summed E-state index contributed by atoms with van der Waals surface area (Å²) < 4.78 is 28.0. The number of sulfonamides is 1. The van der Waals surface area contributed by atoms with E-state index >= 15 is 0 Å². The van der Waals surface area contributed by atoms with E-state index in [1.54, 1.807) is 17.4 Å². The molecular formula is C17H18N2O2S3. The number of thiazole rings is 1. The summed E-state index contributed by atoms with van der Waals surface area (Å²) in [6.07, 6.45) is 0. The van der Waals surface area contributed by atoms with Crippen molar-refractivity contribution < 1.29 is 8.42 Å². The largest absolute Gasteiger partial charge is 0.241 e. The average molecular weight is 379 g/mol. The number of benzene rings is 1. The summed E-state index contributed by atoms with van der Waals surface area (Å²) >= 11 is 3.02. The summed E-state index contributed by atoms with van der Waals surface area (Å²) in [4.78, 5) is 6.42. The van der Waals surface area contributed by atoms with Crippen LogP contribution < -0.4 is 4.72 Å². The molecular weight excluding hydrogens is 360 g/mol. The number of thiophene rings is 1. The molecule has 0 radical (unpaired) electrons. The predicted octanol–water partition coefficient (Wildman–Crippen LogP) is 4.28. The third-order valence-electron chi connectivity index (χ3n) is 3.58. The third kappa shape index (κ3) is 3.75. The first-order chi connectivity index (χ1) is 11.3. The van der Waals surface area contributed by atoms with Gasteiger partial charge >= 0.3 is 0 Å². The van der Waals surface area contributed by atoms with Gasteiger partial charge in [0.05, 0.1) is 20.5 Å². The molecule has 0 unspecified atom stereocenters. The summed E-state index contributed by atoms with van der Waals surface area (Å²) in [5.41, 5.74) is 2.90. The summed E-state index contributed by atoms with van der Waals surface area (Å²) in [5.74, 6) is 0. The maximum atomic E-state index is 12.6. The minimum absolute atomic E-state index is 0.282. The highest BCUT2D eigenvalue weighted by Gasteiger charge is 2.21. The second-order valence-electron chi connectivity index (χ2n) is 5.60. The van der Waals surface area contributed by atoms with Crippen molar-refractivity contribution in [1.82, 2.24) is 9.71 Å². The maximum absolute atomic E-state index is 12.6. The Kier molecular flexibility index (Phi) is 4.87. The van der Waals surface area contributed by atoms with Gasteiger partial charge < -0.3 is 0 Å². The Labute approximate surface area is 150 Å². The maximum Gasteiger partial charge on any atom is 0.241 e. The first-order valence-electron chi connectivity index (χ1n) is 7.43. The Morgan fingerprint density at radius 1 is 1.17 bits per heavy atom. The molecule has 0 spiro atoms. The molecule has 4 nitrogen and oxygen atoms in total. The molecule has 0 saturated heterocycles. The van der Waals surface area contributed by atoms with Crippen molar-refractivity contribution in [3.05, 3.63) is 56.7 Å². The van der Waals surface area contributed by atoms with Crippen LogP contribution in [0.1, 0.15) is 21.0 Å². The van der Waals surface area contributed by atoms with Crippen molar-refractivity contribution >= 4 is 32.7 Å². The lowest BCUT2D eigenvalue weighted by molar-refractivity contribution is 0.581. The van der Waals surface area contributed by atoms with E-state index in [1.807, 2.05) is 50.4 Å². The molecule has 1 N–H and O–H groups in total. The van der Waals surface area contributed by atoms with Crippen molar-refractivity contribution in [1.29, 1.82) is 0 Å². The monoisotopic (exact) mass is 378 g/mol. The molecule has 0 aliphatic rings. The number of hydrogen-bond donors (Lipinski definition) is 1. The van der Waals surface area contributed by atoms with Crippen LogP contribution in [0.25, 0.3) is 10.6 Å². The van der Waals surface area contributed by atoms with Gasteiger partial charge in [0, 0.05) is 16.8 Å². The minimum Gasteiger partial charge on any atom is -0.241 e. The van der Waals surface area contributed by atoms with E-state index in [1.165, 1.54) is 11.3 Å². The van der Waals surface area contributed by atoms with Gasteiger partial charge in [-0.2, -0.15) is 0 Å². The lowest BCUT2D eigenvalue weighted by Gasteiger charge is -2.07. The van der Waals surface area contributed by atoms with Gasteiger partial charge in [-0.3, -0.25) is 0 Å². The molecule has 0 atom stereocenters. The van der Waals surface area contributed by atoms with Crippen LogP contribution >= 0.6 is 22.7 Å². The van der Waals surface area contributed by atoms with Crippen LogP contribution in [0.15, 0.2) is 40.6 Å². The topological polar surface area (TPSA) is 59.1 Å². The van der Waals surface area contributed by atoms with Gasteiger partial charge in [-0.05, 0) is 32.4 Å². The van der Waals surface area contributed by atoms with E-state index in [0.29, 0.717) is 4.90 Å². The summed E-state index contributed by atoms with van der Waals surface area (Å²) in [6.45, 7) is 6.04. The smallest absolute Gasteiger partial charge is 0.241 e. The van der Waals surface area contributed by atoms with Gasteiger partial charge in [-0.1, -0.05) is 29.8 Å². The number of nitrogens with one attached hydrogen (secondary N) is 1. The summed E-state index contributed by atoms with van der Waals surface area (Å²) in [7, 11) is -3.55. The second kappa shape index (κ2) is 6.76. The van der Waals surface area contributed by atoms with Crippen LogP contribution in [-0.2, 0) is 16.6 Å². The zero-order chi connectivity index (χ0) is 17.3. The zero-order valence-corrected chi connectivity index (χ0v) is 16.1. The van der Waals surface area contributed by atoms with E-state index in [9.17, 15) is 8.42 Å². The molecule has 2 heterocycles. The molecule has 0 fully saturated rings. The first kappa shape index (κ1) is 17.3. The minimum atomic E-state index is -3.55. The van der Waals surface area contributed by atoms with Gasteiger partial charge in [0.1, 0.15) is 0 Å². The van der Waals surface area contributed by atoms with Crippen LogP contribution in [0.5, 0.6) is 0 Å². The van der Waals surface area contributed by atoms with E-state index < -0.39 is 10.0 Å². The Bertz CT molecular complexity index is 971. The van der Waals surface area contributed by atoms with Crippen LogP contribution in [-0.4, -0.2) is 13.4 Å². The standard InChI is InChI=1S/C17H18N2O2S3/c1-11-5-4-6-14(7-11)9-18-24(20,21)17-8-16(23-12(17)2)15-10-22-13(3)19-15/h4-8,10,18H,9H2,1-3H3. The SMILES string of the molecule is Cc1cccc(CNS(=O)(=O)c2cc(-c3csc(C)n3)sc2C)c1. The molecule has 0 amide bonds. The molecule has 126 valence electrons. The Hall–Kier alpha value is -1.54. The molecule has 0 bridgehead atoms. The Morgan fingerprint density at radius 2 is 1.96 bits per heavy atom. The van der Waals surface area contributed by atoms with Crippen LogP contribution in [0.2, 0.25) is 0 Å². The average Bonchev–Trinajstić information content (AvgIpc) is 3.12. The summed E-state index contributed by atoms with van der Waals surface area (Å²) in [6, 6.07) is 9.53. The quantitative estimate of drug-likeness (QED) is 0.721. The number of hydrogen-bond acceptors (Lipinski definition) is 5. The fraction of sp³-hybridized carbons (Fsp3) is 0.235. The Morgan fingerprint density at radius 3 is 2.62 bits per heavy atom. The fourth-order valence-corrected chi connectivity index (χ4v) is 5.67. The Balaban J connectivity index is 1.83. The molecule has 0 aliphatic carbocycles. The van der Waals surface area contributed by atoms with Gasteiger partial charge in [-0.15, -0.1) is 22.7 Å².